The van der Waals surface area contributed by atoms with E-state index in [1.54, 1.807) is 17.0 Å². The van der Waals surface area contributed by atoms with Crippen LogP contribution in [-0.2, 0) is 0 Å². The Morgan fingerprint density at radius 3 is 2.35 bits per heavy atom. The first-order valence-corrected chi connectivity index (χ1v) is 6.07. The first-order chi connectivity index (χ1) is 7.73. The van der Waals surface area contributed by atoms with E-state index in [-0.39, 0.29) is 23.1 Å². The lowest BCUT2D eigenvalue weighted by Crippen LogP contribution is -2.35. The van der Waals surface area contributed by atoms with Gasteiger partial charge in [-0.05, 0) is 26.2 Å². The van der Waals surface area contributed by atoms with E-state index in [1.165, 1.54) is 0 Å². The third-order valence-corrected chi connectivity index (χ3v) is 3.08. The van der Waals surface area contributed by atoms with Crippen LogP contribution < -0.4 is 10.9 Å². The SMILES string of the molecule is CC(C)n1ccnc(NC(C)C(C)(C)C)c1=O. The van der Waals surface area contributed by atoms with Gasteiger partial charge in [-0.1, -0.05) is 20.8 Å². The van der Waals surface area contributed by atoms with E-state index in [4.69, 9.17) is 0 Å². The predicted octanol–water partition coefficient (Wildman–Crippen LogP) is 2.67. The lowest BCUT2D eigenvalue weighted by Gasteiger charge is -2.28. The summed E-state index contributed by atoms with van der Waals surface area (Å²) in [6.45, 7) is 12.4. The van der Waals surface area contributed by atoms with Crippen LogP contribution in [0, 0.1) is 5.41 Å². The number of nitrogens with zero attached hydrogens (tertiary/aromatic N) is 2. The standard InChI is InChI=1S/C13H23N3O/c1-9(2)16-8-7-14-11(12(16)17)15-10(3)13(4,5)6/h7-10H,1-6H3,(H,14,15). The molecule has 0 amide bonds. The molecule has 0 bridgehead atoms. The van der Waals surface area contributed by atoms with Gasteiger partial charge in [0.15, 0.2) is 5.82 Å². The minimum Gasteiger partial charge on any atom is -0.362 e. The zero-order valence-electron chi connectivity index (χ0n) is 11.6. The van der Waals surface area contributed by atoms with Crippen molar-refractivity contribution in [1.82, 2.24) is 9.55 Å². The van der Waals surface area contributed by atoms with Gasteiger partial charge in [0.1, 0.15) is 0 Å². The van der Waals surface area contributed by atoms with Crippen molar-refractivity contribution in [2.24, 2.45) is 5.41 Å². The number of hydrogen-bond acceptors (Lipinski definition) is 3. The van der Waals surface area contributed by atoms with E-state index >= 15 is 0 Å². The molecule has 0 fully saturated rings. The lowest BCUT2D eigenvalue weighted by atomic mass is 9.88. The van der Waals surface area contributed by atoms with E-state index in [0.717, 1.165) is 0 Å². The second-order valence-electron chi connectivity index (χ2n) is 5.81. The smallest absolute Gasteiger partial charge is 0.293 e. The highest BCUT2D eigenvalue weighted by Gasteiger charge is 2.21. The van der Waals surface area contributed by atoms with Gasteiger partial charge in [-0.25, -0.2) is 4.98 Å². The summed E-state index contributed by atoms with van der Waals surface area (Å²) >= 11 is 0. The molecule has 1 rings (SSSR count). The summed E-state index contributed by atoms with van der Waals surface area (Å²) < 4.78 is 1.69. The number of anilines is 1. The second kappa shape index (κ2) is 4.90. The van der Waals surface area contributed by atoms with E-state index < -0.39 is 0 Å². The molecule has 17 heavy (non-hydrogen) atoms. The van der Waals surface area contributed by atoms with Gasteiger partial charge in [0.05, 0.1) is 0 Å². The molecule has 1 N–H and O–H groups in total. The summed E-state index contributed by atoms with van der Waals surface area (Å²) in [6.07, 6.45) is 3.39. The van der Waals surface area contributed by atoms with Crippen LogP contribution in [0.25, 0.3) is 0 Å². The molecule has 4 nitrogen and oxygen atoms in total. The summed E-state index contributed by atoms with van der Waals surface area (Å²) in [7, 11) is 0. The Balaban J connectivity index is 3.01. The molecule has 4 heteroatoms. The normalized spacial score (nSPS) is 13.8. The molecule has 0 aromatic carbocycles. The molecule has 0 saturated carbocycles. The third-order valence-electron chi connectivity index (χ3n) is 3.08. The molecular formula is C13H23N3O. The molecule has 1 aromatic rings. The minimum atomic E-state index is -0.0569. The van der Waals surface area contributed by atoms with E-state index in [1.807, 2.05) is 13.8 Å². The van der Waals surface area contributed by atoms with Gasteiger partial charge < -0.3 is 9.88 Å². The topological polar surface area (TPSA) is 46.9 Å². The first-order valence-electron chi connectivity index (χ1n) is 6.07. The average Bonchev–Trinajstić information content (AvgIpc) is 2.19. The predicted molar refractivity (Wildman–Crippen MR) is 71.4 cm³/mol. The third kappa shape index (κ3) is 3.32. The van der Waals surface area contributed by atoms with Crippen molar-refractivity contribution in [3.05, 3.63) is 22.7 Å². The zero-order chi connectivity index (χ0) is 13.2. The zero-order valence-corrected chi connectivity index (χ0v) is 11.6. The van der Waals surface area contributed by atoms with Gasteiger partial charge in [-0.15, -0.1) is 0 Å². The maximum atomic E-state index is 12.1. The second-order valence-corrected chi connectivity index (χ2v) is 5.81. The Bertz CT molecular complexity index is 429. The van der Waals surface area contributed by atoms with Crippen LogP contribution in [0.2, 0.25) is 0 Å². The monoisotopic (exact) mass is 237 g/mol. The number of aromatic nitrogens is 2. The Hall–Kier alpha value is -1.32. The molecule has 0 aliphatic heterocycles. The van der Waals surface area contributed by atoms with Crippen molar-refractivity contribution >= 4 is 5.82 Å². The molecule has 0 radical (unpaired) electrons. The highest BCUT2D eigenvalue weighted by atomic mass is 16.1. The summed E-state index contributed by atoms with van der Waals surface area (Å²) in [5.41, 5.74) is 0.0331. The molecular weight excluding hydrogens is 214 g/mol. The fourth-order valence-corrected chi connectivity index (χ4v) is 1.35. The maximum Gasteiger partial charge on any atom is 0.293 e. The van der Waals surface area contributed by atoms with Crippen LogP contribution in [0.4, 0.5) is 5.82 Å². The van der Waals surface area contributed by atoms with E-state index in [9.17, 15) is 4.79 Å². The summed E-state index contributed by atoms with van der Waals surface area (Å²) in [5, 5.41) is 3.20. The fourth-order valence-electron chi connectivity index (χ4n) is 1.35. The number of nitrogens with one attached hydrogen (secondary N) is 1. The van der Waals surface area contributed by atoms with Crippen molar-refractivity contribution in [2.75, 3.05) is 5.32 Å². The lowest BCUT2D eigenvalue weighted by molar-refractivity contribution is 0.358. The van der Waals surface area contributed by atoms with E-state index in [0.29, 0.717) is 5.82 Å². The van der Waals surface area contributed by atoms with Crippen LogP contribution >= 0.6 is 0 Å². The molecule has 0 aliphatic rings. The highest BCUT2D eigenvalue weighted by Crippen LogP contribution is 2.20. The highest BCUT2D eigenvalue weighted by molar-refractivity contribution is 5.32. The number of hydrogen-bond donors (Lipinski definition) is 1. The largest absolute Gasteiger partial charge is 0.362 e. The van der Waals surface area contributed by atoms with Crippen molar-refractivity contribution < 1.29 is 0 Å². The van der Waals surface area contributed by atoms with Gasteiger partial charge in [0, 0.05) is 24.5 Å². The van der Waals surface area contributed by atoms with Gasteiger partial charge >= 0.3 is 0 Å². The molecule has 0 saturated heterocycles. The maximum absolute atomic E-state index is 12.1. The molecule has 96 valence electrons. The van der Waals surface area contributed by atoms with Crippen LogP contribution in [0.3, 0.4) is 0 Å². The Labute approximate surface area is 103 Å². The fraction of sp³-hybridized carbons (Fsp3) is 0.692. The average molecular weight is 237 g/mol. The van der Waals surface area contributed by atoms with Crippen molar-refractivity contribution in [2.45, 2.75) is 53.6 Å². The van der Waals surface area contributed by atoms with Gasteiger partial charge in [0.2, 0.25) is 0 Å². The van der Waals surface area contributed by atoms with Gasteiger partial charge in [-0.3, -0.25) is 4.79 Å². The summed E-state index contributed by atoms with van der Waals surface area (Å²) in [5.74, 6) is 0.434. The quantitative estimate of drug-likeness (QED) is 0.879. The van der Waals surface area contributed by atoms with E-state index in [2.05, 4.69) is 38.0 Å². The van der Waals surface area contributed by atoms with Crippen LogP contribution in [0.15, 0.2) is 17.2 Å². The van der Waals surface area contributed by atoms with Crippen molar-refractivity contribution in [3.8, 4) is 0 Å². The minimum absolute atomic E-state index is 0.0569. The molecule has 0 spiro atoms. The van der Waals surface area contributed by atoms with Crippen LogP contribution in [-0.4, -0.2) is 15.6 Å². The molecule has 0 aliphatic carbocycles. The molecule has 1 heterocycles. The summed E-state index contributed by atoms with van der Waals surface area (Å²) in [6, 6.07) is 0.335. The molecule has 1 unspecified atom stereocenters. The molecule has 1 aromatic heterocycles. The van der Waals surface area contributed by atoms with Crippen LogP contribution in [0.1, 0.15) is 47.6 Å². The van der Waals surface area contributed by atoms with Gasteiger partial charge in [-0.2, -0.15) is 0 Å². The van der Waals surface area contributed by atoms with Gasteiger partial charge in [0.25, 0.3) is 5.56 Å². The Morgan fingerprint density at radius 2 is 1.88 bits per heavy atom. The number of rotatable bonds is 3. The first kappa shape index (κ1) is 13.7. The molecule has 1 atom stereocenters. The van der Waals surface area contributed by atoms with Crippen LogP contribution in [0.5, 0.6) is 0 Å². The Kier molecular flexibility index (Phi) is 3.96. The summed E-state index contributed by atoms with van der Waals surface area (Å²) in [4.78, 5) is 16.2. The van der Waals surface area contributed by atoms with Crippen molar-refractivity contribution in [3.63, 3.8) is 0 Å². The van der Waals surface area contributed by atoms with Crippen molar-refractivity contribution in [1.29, 1.82) is 0 Å². The Morgan fingerprint density at radius 1 is 1.29 bits per heavy atom.